The van der Waals surface area contributed by atoms with E-state index in [2.05, 4.69) is 110 Å². The van der Waals surface area contributed by atoms with E-state index in [-0.39, 0.29) is 0 Å². The van der Waals surface area contributed by atoms with Crippen molar-refractivity contribution in [2.24, 2.45) is 18.9 Å². The van der Waals surface area contributed by atoms with E-state index in [1.807, 2.05) is 0 Å². The van der Waals surface area contributed by atoms with Crippen LogP contribution in [0.25, 0.3) is 55.1 Å². The minimum Gasteiger partial charge on any atom is -0.454 e. The van der Waals surface area contributed by atoms with Gasteiger partial charge in [-0.3, -0.25) is 0 Å². The summed E-state index contributed by atoms with van der Waals surface area (Å²) in [6, 6.07) is 30.6. The van der Waals surface area contributed by atoms with Crippen LogP contribution >= 0.6 is 0 Å². The normalized spacial score (nSPS) is 23.1. The first-order valence-corrected chi connectivity index (χ1v) is 13.9. The molecule has 0 amide bonds. The van der Waals surface area contributed by atoms with Crippen LogP contribution in [0.3, 0.4) is 0 Å². The van der Waals surface area contributed by atoms with Crippen LogP contribution in [-0.2, 0) is 7.05 Å². The molecular weight excluding hydrogens is 462 g/mol. The lowest BCUT2D eigenvalue weighted by molar-refractivity contribution is -0.660. The Morgan fingerprint density at radius 3 is 2.42 bits per heavy atom. The summed E-state index contributed by atoms with van der Waals surface area (Å²) in [4.78, 5) is 0. The molecule has 0 aliphatic heterocycles. The lowest BCUT2D eigenvalue weighted by Crippen LogP contribution is -2.30. The number of benzene rings is 4. The molecule has 2 fully saturated rings. The van der Waals surface area contributed by atoms with Gasteiger partial charge in [0.1, 0.15) is 18.2 Å². The smallest absolute Gasteiger partial charge is 0.216 e. The third-order valence-electron chi connectivity index (χ3n) is 9.28. The molecule has 2 bridgehead atoms. The van der Waals surface area contributed by atoms with E-state index in [0.29, 0.717) is 5.92 Å². The van der Waals surface area contributed by atoms with Gasteiger partial charge < -0.3 is 4.42 Å². The second-order valence-electron chi connectivity index (χ2n) is 11.5. The molecule has 3 unspecified atom stereocenters. The Bertz CT molecular complexity index is 1920. The average Bonchev–Trinajstić information content (AvgIpc) is 3.67. The van der Waals surface area contributed by atoms with Crippen LogP contribution in [0.5, 0.6) is 0 Å². The van der Waals surface area contributed by atoms with E-state index in [1.165, 1.54) is 46.9 Å². The molecule has 0 radical (unpaired) electrons. The van der Waals surface area contributed by atoms with Crippen LogP contribution in [0.2, 0.25) is 0 Å². The van der Waals surface area contributed by atoms with Crippen LogP contribution in [0.4, 0.5) is 0 Å². The summed E-state index contributed by atoms with van der Waals surface area (Å²) in [5.41, 5.74) is 8.92. The second-order valence-corrected chi connectivity index (χ2v) is 11.5. The largest absolute Gasteiger partial charge is 0.454 e. The molecule has 3 atom stereocenters. The fourth-order valence-corrected chi connectivity index (χ4v) is 7.27. The zero-order chi connectivity index (χ0) is 26.3. The van der Waals surface area contributed by atoms with Crippen LogP contribution in [0, 0.1) is 18.8 Å². The summed E-state index contributed by atoms with van der Waals surface area (Å²) in [5.74, 6) is 0.889. The summed E-state index contributed by atoms with van der Waals surface area (Å²) in [6.45, 7) is 2.17. The lowest BCUT2D eigenvalue weighted by Gasteiger charge is -2.22. The van der Waals surface area contributed by atoms with Crippen molar-refractivity contribution < 1.29 is 10.4 Å². The Balaban J connectivity index is 1.25. The number of aromatic nitrogens is 1. The van der Waals surface area contributed by atoms with Gasteiger partial charge in [0.05, 0.1) is 5.56 Å². The van der Waals surface area contributed by atoms with Crippen molar-refractivity contribution in [2.45, 2.75) is 38.5 Å². The van der Waals surface area contributed by atoms with Gasteiger partial charge in [-0.1, -0.05) is 73.2 Å². The summed E-state index contributed by atoms with van der Waals surface area (Å²) < 4.78 is 18.1. The van der Waals surface area contributed by atoms with E-state index < -0.39 is 5.89 Å². The van der Waals surface area contributed by atoms with Crippen molar-refractivity contribution >= 4 is 32.7 Å². The number of rotatable bonds is 3. The van der Waals surface area contributed by atoms with Crippen molar-refractivity contribution in [3.63, 3.8) is 0 Å². The second kappa shape index (κ2) is 8.30. The van der Waals surface area contributed by atoms with E-state index in [4.69, 9.17) is 4.42 Å². The SMILES string of the molecule is [2H]C1(c2ccc(-c3cc[n+](C)c(-c4c(C)ccc5c4oc4c6ccccc6ccc54)c3)cc2)CC2CCC1C2. The maximum absolute atomic E-state index is 9.24. The first-order chi connectivity index (χ1) is 19.0. The minimum atomic E-state index is -0.395. The molecule has 4 aromatic carbocycles. The highest BCUT2D eigenvalue weighted by molar-refractivity contribution is 6.17. The Labute approximate surface area is 224 Å². The Hall–Kier alpha value is -3.91. The molecule has 8 rings (SSSR count). The molecular formula is C36H32NO+. The van der Waals surface area contributed by atoms with Gasteiger partial charge in [-0.2, -0.15) is 0 Å². The highest BCUT2D eigenvalue weighted by Crippen LogP contribution is 2.53. The Morgan fingerprint density at radius 2 is 1.61 bits per heavy atom. The monoisotopic (exact) mass is 495 g/mol. The zero-order valence-electron chi connectivity index (χ0n) is 23.0. The standard InChI is InChI=1S/C36H32NO/c1-22-7-15-31-30-16-14-25-5-3-4-6-29(25)35(30)38-36(31)34(22)33-21-27(17-18-37(33)2)24-10-12-26(13-11-24)32-20-23-8-9-28(32)19-23/h3-7,10-18,21,23,28,32H,8-9,19-20H2,1-2H3/q+1/i32D. The average molecular weight is 496 g/mol. The first-order valence-electron chi connectivity index (χ1n) is 14.4. The van der Waals surface area contributed by atoms with Crippen molar-refractivity contribution in [3.05, 3.63) is 102 Å². The minimum absolute atomic E-state index is 0.395. The maximum Gasteiger partial charge on any atom is 0.216 e. The summed E-state index contributed by atoms with van der Waals surface area (Å²) in [7, 11) is 2.11. The van der Waals surface area contributed by atoms with Gasteiger partial charge in [-0.25, -0.2) is 4.57 Å². The number of hydrogen-bond acceptors (Lipinski definition) is 1. The molecule has 2 heterocycles. The highest BCUT2D eigenvalue weighted by Gasteiger charge is 2.40. The van der Waals surface area contributed by atoms with Gasteiger partial charge in [0, 0.05) is 29.7 Å². The summed E-state index contributed by atoms with van der Waals surface area (Å²) in [5, 5.41) is 4.65. The first kappa shape index (κ1) is 21.1. The Morgan fingerprint density at radius 1 is 0.789 bits per heavy atom. The van der Waals surface area contributed by atoms with Gasteiger partial charge in [-0.15, -0.1) is 0 Å². The van der Waals surface area contributed by atoms with E-state index in [0.717, 1.165) is 50.9 Å². The van der Waals surface area contributed by atoms with Crippen molar-refractivity contribution in [1.29, 1.82) is 0 Å². The van der Waals surface area contributed by atoms with Gasteiger partial charge in [-0.05, 0) is 77.6 Å². The Kier molecular flexibility index (Phi) is 4.60. The maximum atomic E-state index is 9.24. The third-order valence-corrected chi connectivity index (χ3v) is 9.28. The number of aryl methyl sites for hydroxylation is 2. The molecule has 0 spiro atoms. The molecule has 2 heteroatoms. The third kappa shape index (κ3) is 3.29. The molecule has 186 valence electrons. The highest BCUT2D eigenvalue weighted by atomic mass is 16.3. The predicted octanol–water partition coefficient (Wildman–Crippen LogP) is 9.11. The topological polar surface area (TPSA) is 17.0 Å². The molecule has 6 aromatic rings. The van der Waals surface area contributed by atoms with Gasteiger partial charge >= 0.3 is 0 Å². The molecule has 0 N–H and O–H groups in total. The van der Waals surface area contributed by atoms with Gasteiger partial charge in [0.25, 0.3) is 0 Å². The van der Waals surface area contributed by atoms with E-state index >= 15 is 0 Å². The van der Waals surface area contributed by atoms with Crippen molar-refractivity contribution in [2.75, 3.05) is 0 Å². The van der Waals surface area contributed by atoms with E-state index in [1.54, 1.807) is 0 Å². The van der Waals surface area contributed by atoms with Crippen LogP contribution < -0.4 is 4.57 Å². The van der Waals surface area contributed by atoms with Crippen LogP contribution in [0.15, 0.2) is 95.5 Å². The van der Waals surface area contributed by atoms with Crippen molar-refractivity contribution in [1.82, 2.24) is 0 Å². The predicted molar refractivity (Wildman–Crippen MR) is 156 cm³/mol. The fourth-order valence-electron chi connectivity index (χ4n) is 7.27. The van der Waals surface area contributed by atoms with Gasteiger partial charge in [0.2, 0.25) is 5.69 Å². The molecule has 2 nitrogen and oxygen atoms in total. The van der Waals surface area contributed by atoms with Crippen molar-refractivity contribution in [3.8, 4) is 22.4 Å². The number of pyridine rings is 1. The molecule has 2 saturated carbocycles. The summed E-state index contributed by atoms with van der Waals surface area (Å²) in [6.07, 6.45) is 6.96. The number of fused-ring (bicyclic) bond motifs is 7. The van der Waals surface area contributed by atoms with Crippen LogP contribution in [0.1, 0.15) is 44.1 Å². The van der Waals surface area contributed by atoms with Crippen LogP contribution in [-0.4, -0.2) is 0 Å². The molecule has 38 heavy (non-hydrogen) atoms. The van der Waals surface area contributed by atoms with Gasteiger partial charge in [0.15, 0.2) is 6.20 Å². The quantitative estimate of drug-likeness (QED) is 0.224. The molecule has 2 aliphatic carbocycles. The molecule has 2 aromatic heterocycles. The molecule has 0 saturated heterocycles. The summed E-state index contributed by atoms with van der Waals surface area (Å²) >= 11 is 0. The number of furan rings is 1. The fraction of sp³-hybridized carbons (Fsp3) is 0.250. The van der Waals surface area contributed by atoms with E-state index in [9.17, 15) is 1.37 Å². The lowest BCUT2D eigenvalue weighted by atomic mass is 9.83. The number of nitrogens with zero attached hydrogens (tertiary/aromatic N) is 1. The number of hydrogen-bond donors (Lipinski definition) is 0. The molecule has 2 aliphatic rings. The zero-order valence-corrected chi connectivity index (χ0v) is 22.0.